The number of carbonyl (C=O) groups is 1. The summed E-state index contributed by atoms with van der Waals surface area (Å²) >= 11 is 0. The first-order valence-electron chi connectivity index (χ1n) is 5.63. The van der Waals surface area contributed by atoms with E-state index in [1.165, 1.54) is 39.2 Å². The number of esters is 1. The molecule has 1 N–H and O–H groups in total. The second kappa shape index (κ2) is 8.98. The van der Waals surface area contributed by atoms with Crippen molar-refractivity contribution in [3.8, 4) is 0 Å². The van der Waals surface area contributed by atoms with Gasteiger partial charge in [-0.2, -0.15) is 0 Å². The van der Waals surface area contributed by atoms with Gasteiger partial charge in [-0.15, -0.1) is 12.4 Å². The Kier molecular flexibility index (Phi) is 8.82. The number of halogens is 1. The first-order chi connectivity index (χ1) is 6.83. The molecule has 1 aliphatic rings. The molecule has 1 rings (SSSR count). The predicted octanol–water partition coefficient (Wildman–Crippen LogP) is 2.28. The molecule has 15 heavy (non-hydrogen) atoms. The minimum atomic E-state index is -0.101. The topological polar surface area (TPSA) is 38.3 Å². The van der Waals surface area contributed by atoms with Crippen molar-refractivity contribution >= 4 is 18.4 Å². The van der Waals surface area contributed by atoms with Crippen LogP contribution in [0.1, 0.15) is 44.9 Å². The maximum absolute atomic E-state index is 10.8. The summed E-state index contributed by atoms with van der Waals surface area (Å²) < 4.78 is 4.58. The number of methoxy groups -OCH3 is 1. The molecule has 0 aromatic rings. The summed E-state index contributed by atoms with van der Waals surface area (Å²) in [6, 6.07) is 0.696. The maximum Gasteiger partial charge on any atom is 0.305 e. The lowest BCUT2D eigenvalue weighted by Gasteiger charge is -2.22. The zero-order valence-electron chi connectivity index (χ0n) is 9.46. The Balaban J connectivity index is 0.00000196. The van der Waals surface area contributed by atoms with Gasteiger partial charge in [-0.25, -0.2) is 0 Å². The highest BCUT2D eigenvalue weighted by Gasteiger charge is 2.11. The minimum Gasteiger partial charge on any atom is -0.469 e. The molecule has 0 amide bonds. The Morgan fingerprint density at radius 3 is 2.60 bits per heavy atom. The summed E-state index contributed by atoms with van der Waals surface area (Å²) in [4.78, 5) is 10.8. The lowest BCUT2D eigenvalue weighted by atomic mass is 9.95. The van der Waals surface area contributed by atoms with E-state index in [9.17, 15) is 4.79 Å². The summed E-state index contributed by atoms with van der Waals surface area (Å²) in [5.41, 5.74) is 0. The first-order valence-corrected chi connectivity index (χ1v) is 5.63. The highest BCUT2D eigenvalue weighted by atomic mass is 35.5. The standard InChI is InChI=1S/C11H21NO2.ClH/c1-14-11(13)8-5-9-12-10-6-3-2-4-7-10;/h10,12H,2-9H2,1H3;1H. The Hall–Kier alpha value is -0.280. The molecule has 3 nitrogen and oxygen atoms in total. The molecule has 0 saturated heterocycles. The van der Waals surface area contributed by atoms with Crippen LogP contribution in [0.15, 0.2) is 0 Å². The van der Waals surface area contributed by atoms with Crippen LogP contribution in [0.5, 0.6) is 0 Å². The van der Waals surface area contributed by atoms with Gasteiger partial charge in [0, 0.05) is 12.5 Å². The molecule has 0 spiro atoms. The molecule has 0 heterocycles. The molecule has 0 aromatic heterocycles. The molecule has 0 unspecified atom stereocenters. The van der Waals surface area contributed by atoms with Crippen LogP contribution in [0.2, 0.25) is 0 Å². The van der Waals surface area contributed by atoms with Gasteiger partial charge in [0.2, 0.25) is 0 Å². The zero-order valence-corrected chi connectivity index (χ0v) is 10.3. The Labute approximate surface area is 98.4 Å². The average molecular weight is 236 g/mol. The number of ether oxygens (including phenoxy) is 1. The molecule has 0 aromatic carbocycles. The van der Waals surface area contributed by atoms with Gasteiger partial charge in [0.05, 0.1) is 7.11 Å². The van der Waals surface area contributed by atoms with Crippen LogP contribution < -0.4 is 5.32 Å². The van der Waals surface area contributed by atoms with Gasteiger partial charge < -0.3 is 10.1 Å². The molecule has 1 aliphatic carbocycles. The van der Waals surface area contributed by atoms with Crippen LogP contribution in [-0.2, 0) is 9.53 Å². The van der Waals surface area contributed by atoms with Crippen LogP contribution in [0, 0.1) is 0 Å². The van der Waals surface area contributed by atoms with E-state index >= 15 is 0 Å². The molecule has 4 heteroatoms. The van der Waals surface area contributed by atoms with Gasteiger partial charge in [-0.3, -0.25) is 4.79 Å². The fourth-order valence-corrected chi connectivity index (χ4v) is 1.95. The van der Waals surface area contributed by atoms with Gasteiger partial charge in [-0.05, 0) is 25.8 Å². The van der Waals surface area contributed by atoms with Crippen molar-refractivity contribution in [1.29, 1.82) is 0 Å². The van der Waals surface area contributed by atoms with Crippen LogP contribution in [0.3, 0.4) is 0 Å². The quantitative estimate of drug-likeness (QED) is 0.587. The van der Waals surface area contributed by atoms with E-state index in [1.54, 1.807) is 0 Å². The summed E-state index contributed by atoms with van der Waals surface area (Å²) in [6.07, 6.45) is 8.14. The Bertz CT molecular complexity index is 170. The largest absolute Gasteiger partial charge is 0.469 e. The number of carbonyl (C=O) groups excluding carboxylic acids is 1. The molecule has 1 fully saturated rings. The van der Waals surface area contributed by atoms with Crippen LogP contribution in [0.25, 0.3) is 0 Å². The van der Waals surface area contributed by atoms with E-state index in [4.69, 9.17) is 0 Å². The second-order valence-corrected chi connectivity index (χ2v) is 3.97. The van der Waals surface area contributed by atoms with Gasteiger partial charge in [0.15, 0.2) is 0 Å². The highest BCUT2D eigenvalue weighted by Crippen LogP contribution is 2.17. The normalized spacial score (nSPS) is 16.9. The first kappa shape index (κ1) is 14.7. The van der Waals surface area contributed by atoms with E-state index < -0.39 is 0 Å². The van der Waals surface area contributed by atoms with Crippen LogP contribution in [0.4, 0.5) is 0 Å². The summed E-state index contributed by atoms with van der Waals surface area (Å²) in [6.45, 7) is 0.944. The lowest BCUT2D eigenvalue weighted by molar-refractivity contribution is -0.140. The third kappa shape index (κ3) is 6.74. The van der Waals surface area contributed by atoms with E-state index in [0.29, 0.717) is 12.5 Å². The number of rotatable bonds is 5. The smallest absolute Gasteiger partial charge is 0.305 e. The molecular formula is C11H22ClNO2. The number of hydrogen-bond donors (Lipinski definition) is 1. The average Bonchev–Trinajstić information content (AvgIpc) is 2.25. The van der Waals surface area contributed by atoms with E-state index in [2.05, 4.69) is 10.1 Å². The third-order valence-electron chi connectivity index (χ3n) is 2.82. The zero-order chi connectivity index (χ0) is 10.2. The van der Waals surface area contributed by atoms with Crippen molar-refractivity contribution in [2.75, 3.05) is 13.7 Å². The van der Waals surface area contributed by atoms with Gasteiger partial charge in [0.1, 0.15) is 0 Å². The molecule has 0 aliphatic heterocycles. The van der Waals surface area contributed by atoms with Gasteiger partial charge in [0.25, 0.3) is 0 Å². The van der Waals surface area contributed by atoms with Gasteiger partial charge >= 0.3 is 5.97 Å². The molecule has 0 radical (unpaired) electrons. The van der Waals surface area contributed by atoms with Crippen molar-refractivity contribution in [1.82, 2.24) is 5.32 Å². The summed E-state index contributed by atoms with van der Waals surface area (Å²) in [7, 11) is 1.44. The van der Waals surface area contributed by atoms with Crippen LogP contribution >= 0.6 is 12.4 Å². The van der Waals surface area contributed by atoms with Crippen molar-refractivity contribution in [3.05, 3.63) is 0 Å². The van der Waals surface area contributed by atoms with Crippen molar-refractivity contribution in [2.24, 2.45) is 0 Å². The van der Waals surface area contributed by atoms with Crippen molar-refractivity contribution < 1.29 is 9.53 Å². The second-order valence-electron chi connectivity index (χ2n) is 3.97. The van der Waals surface area contributed by atoms with Crippen molar-refractivity contribution in [2.45, 2.75) is 51.0 Å². The SMILES string of the molecule is COC(=O)CCCNC1CCCCC1.Cl. The molecule has 0 bridgehead atoms. The minimum absolute atomic E-state index is 0. The predicted molar refractivity (Wildman–Crippen MR) is 63.4 cm³/mol. The van der Waals surface area contributed by atoms with E-state index in [0.717, 1.165) is 13.0 Å². The van der Waals surface area contributed by atoms with Crippen molar-refractivity contribution in [3.63, 3.8) is 0 Å². The monoisotopic (exact) mass is 235 g/mol. The molecule has 1 saturated carbocycles. The molecular weight excluding hydrogens is 214 g/mol. The van der Waals surface area contributed by atoms with Crippen LogP contribution in [-0.4, -0.2) is 25.7 Å². The Morgan fingerprint density at radius 2 is 2.00 bits per heavy atom. The number of nitrogens with one attached hydrogen (secondary N) is 1. The maximum atomic E-state index is 10.8. The van der Waals surface area contributed by atoms with E-state index in [1.807, 2.05) is 0 Å². The molecule has 0 atom stereocenters. The van der Waals surface area contributed by atoms with Gasteiger partial charge in [-0.1, -0.05) is 19.3 Å². The number of hydrogen-bond acceptors (Lipinski definition) is 3. The summed E-state index contributed by atoms with van der Waals surface area (Å²) in [5.74, 6) is -0.101. The highest BCUT2D eigenvalue weighted by molar-refractivity contribution is 5.85. The Morgan fingerprint density at radius 1 is 1.33 bits per heavy atom. The fourth-order valence-electron chi connectivity index (χ4n) is 1.95. The third-order valence-corrected chi connectivity index (χ3v) is 2.82. The summed E-state index contributed by atoms with van der Waals surface area (Å²) in [5, 5.41) is 3.49. The fraction of sp³-hybridized carbons (Fsp3) is 0.909. The molecule has 90 valence electrons. The van der Waals surface area contributed by atoms with E-state index in [-0.39, 0.29) is 18.4 Å². The lowest BCUT2D eigenvalue weighted by Crippen LogP contribution is -2.31.